The van der Waals surface area contributed by atoms with Crippen LogP contribution in [0.5, 0.6) is 0 Å². The van der Waals surface area contributed by atoms with Crippen LogP contribution in [0.15, 0.2) is 23.3 Å². The van der Waals surface area contributed by atoms with Gasteiger partial charge in [0.2, 0.25) is 11.8 Å². The minimum absolute atomic E-state index is 0.00661. The largest absolute Gasteiger partial charge is 0.494 e. The summed E-state index contributed by atoms with van der Waals surface area (Å²) in [5, 5.41) is 10.7. The van der Waals surface area contributed by atoms with Crippen LogP contribution < -0.4 is 5.49 Å². The summed E-state index contributed by atoms with van der Waals surface area (Å²) in [6.07, 6.45) is 9.03. The van der Waals surface area contributed by atoms with Crippen LogP contribution >= 0.6 is 0 Å². The van der Waals surface area contributed by atoms with Gasteiger partial charge >= 0.3 is 0 Å². The highest BCUT2D eigenvalue weighted by Gasteiger charge is 2.30. The number of aliphatic hydroxyl groups excluding tert-OH is 1. The molecular weight excluding hydrogens is 368 g/mol. The molecule has 3 fully saturated rings. The van der Waals surface area contributed by atoms with Crippen LogP contribution in [-0.4, -0.2) is 64.5 Å². The van der Waals surface area contributed by atoms with Crippen molar-refractivity contribution >= 4 is 17.7 Å². The van der Waals surface area contributed by atoms with Crippen molar-refractivity contribution in [3.8, 4) is 0 Å². The van der Waals surface area contributed by atoms with Crippen LogP contribution in [0.4, 0.5) is 0 Å². The molecule has 0 atom stereocenters. The summed E-state index contributed by atoms with van der Waals surface area (Å²) in [5.74, 6) is 0.636. The number of aliphatic hydroxyl groups is 1. The standard InChI is InChI=1S/C22H30N4O3/c1-15-10-18(17-6-7-17)13-26(22(15)23-2)20(28)11-19(27)25-9-8-24(21(29)14-25)12-16-4-3-5-16/h10-11,13,16-17,28H,3-9,12,14H2,1-2H3/b20-11-,23-22?. The molecule has 156 valence electrons. The van der Waals surface area contributed by atoms with Crippen molar-refractivity contribution in [1.29, 1.82) is 0 Å². The van der Waals surface area contributed by atoms with Crippen LogP contribution in [0.2, 0.25) is 0 Å². The second-order valence-corrected chi connectivity index (χ2v) is 8.55. The number of amides is 2. The van der Waals surface area contributed by atoms with E-state index < -0.39 is 0 Å². The maximum Gasteiger partial charge on any atom is 0.252 e. The van der Waals surface area contributed by atoms with Gasteiger partial charge in [0.25, 0.3) is 5.91 Å². The molecule has 1 N–H and O–H groups in total. The predicted molar refractivity (Wildman–Crippen MR) is 110 cm³/mol. The number of hydrogen-bond donors (Lipinski definition) is 1. The van der Waals surface area contributed by atoms with Crippen molar-refractivity contribution in [2.45, 2.75) is 44.9 Å². The Morgan fingerprint density at radius 2 is 2.03 bits per heavy atom. The first-order chi connectivity index (χ1) is 14.0. The molecule has 1 aliphatic heterocycles. The number of rotatable bonds is 5. The van der Waals surface area contributed by atoms with E-state index in [0.717, 1.165) is 30.5 Å². The molecule has 0 aromatic carbocycles. The third kappa shape index (κ3) is 4.23. The molecule has 0 bridgehead atoms. The Morgan fingerprint density at radius 3 is 2.62 bits per heavy atom. The van der Waals surface area contributed by atoms with Gasteiger partial charge in [0.15, 0.2) is 0 Å². The van der Waals surface area contributed by atoms with Gasteiger partial charge in [-0.05, 0) is 55.6 Å². The number of aromatic nitrogens is 1. The smallest absolute Gasteiger partial charge is 0.252 e. The van der Waals surface area contributed by atoms with Gasteiger partial charge in [-0.3, -0.25) is 19.1 Å². The van der Waals surface area contributed by atoms with Gasteiger partial charge in [-0.15, -0.1) is 0 Å². The lowest BCUT2D eigenvalue weighted by molar-refractivity contribution is -0.143. The highest BCUT2D eigenvalue weighted by molar-refractivity contribution is 5.94. The molecule has 2 saturated carbocycles. The van der Waals surface area contributed by atoms with E-state index in [1.165, 1.54) is 30.2 Å². The van der Waals surface area contributed by atoms with Crippen molar-refractivity contribution < 1.29 is 14.7 Å². The number of carbonyl (C=O) groups excluding carboxylic acids is 2. The van der Waals surface area contributed by atoms with Gasteiger partial charge in [0.05, 0.1) is 6.08 Å². The fourth-order valence-electron chi connectivity index (χ4n) is 4.20. The minimum Gasteiger partial charge on any atom is -0.494 e. The molecule has 2 heterocycles. The maximum atomic E-state index is 12.7. The van der Waals surface area contributed by atoms with Crippen molar-refractivity contribution in [3.05, 3.63) is 35.0 Å². The second-order valence-electron chi connectivity index (χ2n) is 8.55. The molecule has 0 radical (unpaired) electrons. The van der Waals surface area contributed by atoms with Crippen molar-refractivity contribution in [2.75, 3.05) is 33.2 Å². The van der Waals surface area contributed by atoms with E-state index in [4.69, 9.17) is 0 Å². The first kappa shape index (κ1) is 19.7. The molecule has 4 rings (SSSR count). The fraction of sp³-hybridized carbons (Fsp3) is 0.591. The third-order valence-corrected chi connectivity index (χ3v) is 6.34. The lowest BCUT2D eigenvalue weighted by Gasteiger charge is -2.38. The van der Waals surface area contributed by atoms with E-state index in [1.54, 1.807) is 11.6 Å². The molecule has 7 nitrogen and oxygen atoms in total. The Balaban J connectivity index is 1.48. The zero-order valence-corrected chi connectivity index (χ0v) is 17.3. The van der Waals surface area contributed by atoms with Crippen molar-refractivity contribution in [2.24, 2.45) is 10.9 Å². The van der Waals surface area contributed by atoms with Crippen molar-refractivity contribution in [3.63, 3.8) is 0 Å². The van der Waals surface area contributed by atoms with Gasteiger partial charge in [0.1, 0.15) is 12.0 Å². The molecule has 0 spiro atoms. The Bertz CT molecular complexity index is 909. The van der Waals surface area contributed by atoms with E-state index in [2.05, 4.69) is 11.1 Å². The van der Waals surface area contributed by atoms with E-state index >= 15 is 0 Å². The summed E-state index contributed by atoms with van der Waals surface area (Å²) in [6, 6.07) is 2.10. The van der Waals surface area contributed by atoms with Gasteiger partial charge in [-0.1, -0.05) is 12.5 Å². The Hall–Kier alpha value is -2.57. The van der Waals surface area contributed by atoms with E-state index in [0.29, 0.717) is 30.4 Å². The Labute approximate surface area is 171 Å². The van der Waals surface area contributed by atoms with Crippen LogP contribution in [0.3, 0.4) is 0 Å². The summed E-state index contributed by atoms with van der Waals surface area (Å²) in [7, 11) is 1.67. The zero-order valence-electron chi connectivity index (χ0n) is 17.3. The van der Waals surface area contributed by atoms with E-state index in [1.807, 2.05) is 18.0 Å². The van der Waals surface area contributed by atoms with Gasteiger partial charge in [0, 0.05) is 32.9 Å². The van der Waals surface area contributed by atoms with E-state index in [9.17, 15) is 14.7 Å². The van der Waals surface area contributed by atoms with Gasteiger partial charge in [-0.25, -0.2) is 0 Å². The molecular formula is C22H30N4O3. The summed E-state index contributed by atoms with van der Waals surface area (Å²) >= 11 is 0. The summed E-state index contributed by atoms with van der Waals surface area (Å²) in [5.41, 5.74) is 2.74. The Kier molecular flexibility index (Phi) is 5.48. The number of nitrogens with zero attached hydrogens (tertiary/aromatic N) is 4. The number of pyridine rings is 1. The van der Waals surface area contributed by atoms with E-state index in [-0.39, 0.29) is 24.2 Å². The lowest BCUT2D eigenvalue weighted by Crippen LogP contribution is -2.53. The highest BCUT2D eigenvalue weighted by Crippen LogP contribution is 2.39. The van der Waals surface area contributed by atoms with Gasteiger partial charge in [-0.2, -0.15) is 0 Å². The third-order valence-electron chi connectivity index (χ3n) is 6.34. The van der Waals surface area contributed by atoms with Crippen molar-refractivity contribution in [1.82, 2.24) is 14.4 Å². The fourth-order valence-corrected chi connectivity index (χ4v) is 4.20. The zero-order chi connectivity index (χ0) is 20.5. The molecule has 2 aliphatic carbocycles. The lowest BCUT2D eigenvalue weighted by atomic mass is 9.85. The first-order valence-electron chi connectivity index (χ1n) is 10.6. The SMILES string of the molecule is CN=c1c(C)cc(C2CC2)cn1/C(O)=C/C(=O)N1CCN(CC2CCC2)C(=O)C1. The molecule has 29 heavy (non-hydrogen) atoms. The molecule has 1 aromatic heterocycles. The molecule has 2 amide bonds. The first-order valence-corrected chi connectivity index (χ1v) is 10.6. The summed E-state index contributed by atoms with van der Waals surface area (Å²) in [4.78, 5) is 32.8. The predicted octanol–water partition coefficient (Wildman–Crippen LogP) is 2.03. The summed E-state index contributed by atoms with van der Waals surface area (Å²) in [6.45, 7) is 3.91. The summed E-state index contributed by atoms with van der Waals surface area (Å²) < 4.78 is 1.58. The van der Waals surface area contributed by atoms with Crippen LogP contribution in [0.25, 0.3) is 5.88 Å². The molecule has 1 aromatic rings. The average molecular weight is 399 g/mol. The molecule has 7 heteroatoms. The number of piperazine rings is 1. The van der Waals surface area contributed by atoms with Crippen LogP contribution in [-0.2, 0) is 9.59 Å². The molecule has 1 saturated heterocycles. The van der Waals surface area contributed by atoms with Gasteiger partial charge < -0.3 is 14.9 Å². The average Bonchev–Trinajstić information content (AvgIpc) is 3.50. The quantitative estimate of drug-likeness (QED) is 0.609. The van der Waals surface area contributed by atoms with Crippen LogP contribution in [0, 0.1) is 12.8 Å². The Morgan fingerprint density at radius 1 is 1.28 bits per heavy atom. The molecule has 0 unspecified atom stereocenters. The topological polar surface area (TPSA) is 78.1 Å². The number of carbonyl (C=O) groups is 2. The minimum atomic E-state index is -0.344. The second kappa shape index (κ2) is 8.05. The molecule has 3 aliphatic rings. The monoisotopic (exact) mass is 398 g/mol. The van der Waals surface area contributed by atoms with Crippen LogP contribution in [0.1, 0.15) is 49.1 Å². The normalized spacial score (nSPS) is 21.5. The number of hydrogen-bond acceptors (Lipinski definition) is 4. The maximum absolute atomic E-state index is 12.7. The number of aryl methyl sites for hydroxylation is 1. The highest BCUT2D eigenvalue weighted by atomic mass is 16.3.